The number of nitro benzene ring substituents is 1. The minimum absolute atomic E-state index is 0.0320. The highest BCUT2D eigenvalue weighted by Gasteiger charge is 2.30. The van der Waals surface area contributed by atoms with Crippen molar-refractivity contribution in [1.29, 1.82) is 0 Å². The fraction of sp³-hybridized carbons (Fsp3) is 0.211. The maximum absolute atomic E-state index is 12.2. The highest BCUT2D eigenvalue weighted by atomic mass is 16.6. The van der Waals surface area contributed by atoms with Gasteiger partial charge in [0, 0.05) is 37.6 Å². The molecule has 0 radical (unpaired) electrons. The molecule has 0 aliphatic carbocycles. The van der Waals surface area contributed by atoms with Crippen LogP contribution in [0.2, 0.25) is 0 Å². The Morgan fingerprint density at radius 1 is 1.00 bits per heavy atom. The number of nitrogens with zero attached hydrogens (tertiary/aromatic N) is 2. The molecule has 3 rings (SSSR count). The van der Waals surface area contributed by atoms with E-state index in [0.717, 1.165) is 4.90 Å². The number of para-hydroxylation sites is 2. The summed E-state index contributed by atoms with van der Waals surface area (Å²) < 4.78 is 0. The van der Waals surface area contributed by atoms with Crippen LogP contribution in [0.25, 0.3) is 0 Å². The Labute approximate surface area is 160 Å². The van der Waals surface area contributed by atoms with Crippen LogP contribution in [0.1, 0.15) is 23.2 Å². The Bertz CT molecular complexity index is 910. The first-order valence-electron chi connectivity index (χ1n) is 8.68. The van der Waals surface area contributed by atoms with Crippen LogP contribution in [0.5, 0.6) is 0 Å². The van der Waals surface area contributed by atoms with E-state index in [1.807, 2.05) is 0 Å². The predicted molar refractivity (Wildman–Crippen MR) is 102 cm³/mol. The normalized spacial score (nSPS) is 13.5. The second-order valence-corrected chi connectivity index (χ2v) is 6.13. The van der Waals surface area contributed by atoms with E-state index in [-0.39, 0.29) is 42.8 Å². The van der Waals surface area contributed by atoms with Crippen LogP contribution in [0.3, 0.4) is 0 Å². The molecule has 1 heterocycles. The molecule has 0 unspecified atom stereocenters. The smallest absolute Gasteiger partial charge is 0.292 e. The van der Waals surface area contributed by atoms with Gasteiger partial charge in [0.2, 0.25) is 11.8 Å². The Morgan fingerprint density at radius 2 is 1.64 bits per heavy atom. The lowest BCUT2D eigenvalue weighted by Crippen LogP contribution is -2.30. The molecule has 0 spiro atoms. The van der Waals surface area contributed by atoms with Crippen molar-refractivity contribution < 1.29 is 19.3 Å². The van der Waals surface area contributed by atoms with Gasteiger partial charge in [-0.3, -0.25) is 29.4 Å². The number of hydrogen-bond acceptors (Lipinski definition) is 6. The molecule has 2 aromatic carbocycles. The molecule has 3 amide bonds. The van der Waals surface area contributed by atoms with E-state index in [2.05, 4.69) is 10.6 Å². The van der Waals surface area contributed by atoms with E-state index in [9.17, 15) is 24.5 Å². The number of nitrogens with one attached hydrogen (secondary N) is 2. The molecule has 144 valence electrons. The van der Waals surface area contributed by atoms with Gasteiger partial charge in [0.25, 0.3) is 11.6 Å². The largest absolute Gasteiger partial charge is 0.378 e. The number of imide groups is 1. The molecule has 2 N–H and O–H groups in total. The molecule has 28 heavy (non-hydrogen) atoms. The van der Waals surface area contributed by atoms with Gasteiger partial charge >= 0.3 is 0 Å². The molecular weight excluding hydrogens is 364 g/mol. The van der Waals surface area contributed by atoms with Crippen molar-refractivity contribution in [2.45, 2.75) is 12.8 Å². The van der Waals surface area contributed by atoms with Crippen molar-refractivity contribution in [3.63, 3.8) is 0 Å². The first-order chi connectivity index (χ1) is 13.5. The predicted octanol–water partition coefficient (Wildman–Crippen LogP) is 2.09. The summed E-state index contributed by atoms with van der Waals surface area (Å²) in [5.74, 6) is -0.818. The Kier molecular flexibility index (Phi) is 5.64. The third-order valence-electron chi connectivity index (χ3n) is 4.27. The Balaban J connectivity index is 1.52. The van der Waals surface area contributed by atoms with Crippen molar-refractivity contribution in [3.05, 3.63) is 64.2 Å². The van der Waals surface area contributed by atoms with E-state index in [4.69, 9.17) is 0 Å². The number of rotatable bonds is 7. The van der Waals surface area contributed by atoms with E-state index in [1.54, 1.807) is 42.5 Å². The molecule has 9 nitrogen and oxygen atoms in total. The molecule has 0 aromatic heterocycles. The number of anilines is 2. The topological polar surface area (TPSA) is 122 Å². The Morgan fingerprint density at radius 3 is 2.29 bits per heavy atom. The first-order valence-corrected chi connectivity index (χ1v) is 8.68. The summed E-state index contributed by atoms with van der Waals surface area (Å²) in [5, 5.41) is 16.6. The summed E-state index contributed by atoms with van der Waals surface area (Å²) in [4.78, 5) is 47.3. The fourth-order valence-electron chi connectivity index (χ4n) is 2.88. The van der Waals surface area contributed by atoms with Gasteiger partial charge in [-0.05, 0) is 30.3 Å². The van der Waals surface area contributed by atoms with Crippen LogP contribution >= 0.6 is 0 Å². The van der Waals surface area contributed by atoms with Gasteiger partial charge in [-0.15, -0.1) is 0 Å². The van der Waals surface area contributed by atoms with E-state index in [0.29, 0.717) is 23.5 Å². The lowest BCUT2D eigenvalue weighted by atomic mass is 10.2. The van der Waals surface area contributed by atoms with Gasteiger partial charge in [-0.1, -0.05) is 12.1 Å². The zero-order valence-electron chi connectivity index (χ0n) is 14.9. The Hall–Kier alpha value is -3.75. The molecule has 1 saturated heterocycles. The van der Waals surface area contributed by atoms with Gasteiger partial charge in [0.05, 0.1) is 10.6 Å². The van der Waals surface area contributed by atoms with Crippen LogP contribution in [0.4, 0.5) is 17.1 Å². The number of benzene rings is 2. The third kappa shape index (κ3) is 4.14. The lowest BCUT2D eigenvalue weighted by molar-refractivity contribution is -0.384. The summed E-state index contributed by atoms with van der Waals surface area (Å²) in [6, 6.07) is 12.5. The first kappa shape index (κ1) is 19.0. The summed E-state index contributed by atoms with van der Waals surface area (Å²) in [6.07, 6.45) is 0.404. The SMILES string of the molecule is O=C(NCCNc1ccccc1[N+](=O)[O-])c1ccc(N2C(=O)CCC2=O)cc1. The van der Waals surface area contributed by atoms with Gasteiger partial charge in [-0.2, -0.15) is 0 Å². The standard InChI is InChI=1S/C19H18N4O5/c24-17-9-10-18(25)22(17)14-7-5-13(6-8-14)19(26)21-12-11-20-15-3-1-2-4-16(15)23(27)28/h1-8,20H,9-12H2,(H,21,26). The summed E-state index contributed by atoms with van der Waals surface area (Å²) in [7, 11) is 0. The zero-order valence-corrected chi connectivity index (χ0v) is 14.9. The van der Waals surface area contributed by atoms with E-state index >= 15 is 0 Å². The molecule has 1 aliphatic heterocycles. The summed E-state index contributed by atoms with van der Waals surface area (Å²) in [6.45, 7) is 0.571. The zero-order chi connectivity index (χ0) is 20.1. The number of nitro groups is 1. The van der Waals surface area contributed by atoms with Crippen molar-refractivity contribution >= 4 is 34.8 Å². The molecule has 2 aromatic rings. The number of amides is 3. The van der Waals surface area contributed by atoms with Crippen molar-refractivity contribution in [3.8, 4) is 0 Å². The second kappa shape index (κ2) is 8.30. The maximum Gasteiger partial charge on any atom is 0.292 e. The van der Waals surface area contributed by atoms with Crippen LogP contribution in [-0.2, 0) is 9.59 Å². The molecule has 0 bridgehead atoms. The number of hydrogen-bond donors (Lipinski definition) is 2. The molecule has 0 saturated carbocycles. The van der Waals surface area contributed by atoms with Gasteiger partial charge in [0.1, 0.15) is 5.69 Å². The highest BCUT2D eigenvalue weighted by molar-refractivity contribution is 6.19. The average molecular weight is 382 g/mol. The van der Waals surface area contributed by atoms with Crippen LogP contribution in [-0.4, -0.2) is 35.7 Å². The van der Waals surface area contributed by atoms with Crippen molar-refractivity contribution in [2.75, 3.05) is 23.3 Å². The second-order valence-electron chi connectivity index (χ2n) is 6.13. The van der Waals surface area contributed by atoms with E-state index in [1.165, 1.54) is 6.07 Å². The number of carbonyl (C=O) groups excluding carboxylic acids is 3. The van der Waals surface area contributed by atoms with Crippen molar-refractivity contribution in [2.24, 2.45) is 0 Å². The number of carbonyl (C=O) groups is 3. The molecule has 1 aliphatic rings. The average Bonchev–Trinajstić information content (AvgIpc) is 3.03. The highest BCUT2D eigenvalue weighted by Crippen LogP contribution is 2.23. The summed E-state index contributed by atoms with van der Waals surface area (Å²) in [5.41, 5.74) is 1.18. The minimum atomic E-state index is -0.474. The van der Waals surface area contributed by atoms with Crippen LogP contribution in [0, 0.1) is 10.1 Å². The van der Waals surface area contributed by atoms with Gasteiger partial charge < -0.3 is 10.6 Å². The monoisotopic (exact) mass is 382 g/mol. The molecule has 1 fully saturated rings. The van der Waals surface area contributed by atoms with Crippen LogP contribution < -0.4 is 15.5 Å². The minimum Gasteiger partial charge on any atom is -0.378 e. The third-order valence-corrected chi connectivity index (χ3v) is 4.27. The van der Waals surface area contributed by atoms with Crippen molar-refractivity contribution in [1.82, 2.24) is 5.32 Å². The molecule has 0 atom stereocenters. The molecule has 9 heteroatoms. The van der Waals surface area contributed by atoms with Gasteiger partial charge in [0.15, 0.2) is 0 Å². The summed E-state index contributed by atoms with van der Waals surface area (Å²) >= 11 is 0. The van der Waals surface area contributed by atoms with Gasteiger partial charge in [-0.25, -0.2) is 0 Å². The lowest BCUT2D eigenvalue weighted by Gasteiger charge is -2.14. The fourth-order valence-corrected chi connectivity index (χ4v) is 2.88. The quantitative estimate of drug-likeness (QED) is 0.327. The van der Waals surface area contributed by atoms with E-state index < -0.39 is 4.92 Å². The maximum atomic E-state index is 12.2. The van der Waals surface area contributed by atoms with Crippen LogP contribution in [0.15, 0.2) is 48.5 Å². The molecular formula is C19H18N4O5.